The van der Waals surface area contributed by atoms with Gasteiger partial charge in [-0.1, -0.05) is 88.4 Å². The van der Waals surface area contributed by atoms with Crippen LogP contribution in [0, 0.1) is 11.8 Å². The minimum atomic E-state index is 0.258. The fourth-order valence-electron chi connectivity index (χ4n) is 2.80. The summed E-state index contributed by atoms with van der Waals surface area (Å²) in [6, 6.07) is 21.4. The monoisotopic (exact) mass is 310 g/mol. The second kappa shape index (κ2) is 8.88. The maximum absolute atomic E-state index is 6.58. The highest BCUT2D eigenvalue weighted by Crippen LogP contribution is 2.21. The molecule has 2 atom stereocenters. The van der Waals surface area contributed by atoms with Crippen LogP contribution < -0.4 is 0 Å². The number of ether oxygens (including phenoxy) is 1. The average Bonchev–Trinajstić information content (AvgIpc) is 2.55. The first-order valence-corrected chi connectivity index (χ1v) is 8.79. The van der Waals surface area contributed by atoms with E-state index in [9.17, 15) is 0 Å². The molecule has 0 fully saturated rings. The second-order valence-corrected chi connectivity index (χ2v) is 7.08. The quantitative estimate of drug-likeness (QED) is 0.622. The molecule has 0 saturated heterocycles. The van der Waals surface area contributed by atoms with Crippen LogP contribution in [0.5, 0.6) is 0 Å². The molecule has 2 rings (SSSR count). The Labute approximate surface area is 141 Å². The molecule has 1 heteroatoms. The van der Waals surface area contributed by atoms with E-state index in [1.165, 1.54) is 11.1 Å². The van der Waals surface area contributed by atoms with E-state index in [2.05, 4.69) is 88.4 Å². The Morgan fingerprint density at radius 3 is 1.26 bits per heavy atom. The van der Waals surface area contributed by atoms with Crippen LogP contribution >= 0.6 is 0 Å². The van der Waals surface area contributed by atoms with Crippen molar-refractivity contribution in [3.05, 3.63) is 71.8 Å². The van der Waals surface area contributed by atoms with Crippen molar-refractivity contribution in [2.24, 2.45) is 11.8 Å². The Bertz CT molecular complexity index is 493. The predicted molar refractivity (Wildman–Crippen MR) is 98.6 cm³/mol. The van der Waals surface area contributed by atoms with Gasteiger partial charge in [-0.15, -0.1) is 0 Å². The molecule has 0 saturated carbocycles. The summed E-state index contributed by atoms with van der Waals surface area (Å²) in [4.78, 5) is 0. The van der Waals surface area contributed by atoms with E-state index in [0.29, 0.717) is 11.8 Å². The number of benzene rings is 2. The van der Waals surface area contributed by atoms with E-state index in [1.807, 2.05) is 0 Å². The molecule has 23 heavy (non-hydrogen) atoms. The fourth-order valence-corrected chi connectivity index (χ4v) is 2.80. The van der Waals surface area contributed by atoms with Crippen molar-refractivity contribution in [1.29, 1.82) is 0 Å². The topological polar surface area (TPSA) is 9.23 Å². The molecule has 2 unspecified atom stereocenters. The summed E-state index contributed by atoms with van der Waals surface area (Å²) < 4.78 is 6.58. The molecule has 0 spiro atoms. The summed E-state index contributed by atoms with van der Waals surface area (Å²) in [5.74, 6) is 1.01. The lowest BCUT2D eigenvalue weighted by Crippen LogP contribution is -2.33. The van der Waals surface area contributed by atoms with E-state index in [0.717, 1.165) is 12.8 Å². The summed E-state index contributed by atoms with van der Waals surface area (Å²) in [5, 5.41) is 0. The highest BCUT2D eigenvalue weighted by Gasteiger charge is 2.22. The van der Waals surface area contributed by atoms with Crippen molar-refractivity contribution in [3.63, 3.8) is 0 Å². The Kier molecular flexibility index (Phi) is 6.85. The van der Waals surface area contributed by atoms with E-state index in [4.69, 9.17) is 4.74 Å². The van der Waals surface area contributed by atoms with Gasteiger partial charge < -0.3 is 4.74 Å². The van der Waals surface area contributed by atoms with Gasteiger partial charge in [-0.3, -0.25) is 0 Å². The minimum Gasteiger partial charge on any atom is -0.374 e. The normalized spacial score (nSPS) is 14.2. The lowest BCUT2D eigenvalue weighted by molar-refractivity contribution is -0.0552. The van der Waals surface area contributed by atoms with Gasteiger partial charge in [-0.25, -0.2) is 0 Å². The molecule has 124 valence electrons. The van der Waals surface area contributed by atoms with Crippen molar-refractivity contribution < 1.29 is 4.74 Å². The first kappa shape index (κ1) is 17.7. The molecule has 0 amide bonds. The molecule has 0 radical (unpaired) electrons. The van der Waals surface area contributed by atoms with Crippen molar-refractivity contribution in [3.8, 4) is 0 Å². The highest BCUT2D eigenvalue weighted by molar-refractivity contribution is 5.17. The highest BCUT2D eigenvalue weighted by atomic mass is 16.5. The Morgan fingerprint density at radius 2 is 0.957 bits per heavy atom. The summed E-state index contributed by atoms with van der Waals surface area (Å²) in [6.45, 7) is 9.03. The van der Waals surface area contributed by atoms with Gasteiger partial charge in [-0.2, -0.15) is 0 Å². The van der Waals surface area contributed by atoms with Crippen LogP contribution in [0.3, 0.4) is 0 Å². The Hall–Kier alpha value is -1.60. The summed E-state index contributed by atoms with van der Waals surface area (Å²) in [6.07, 6.45) is 2.48. The molecule has 0 aliphatic carbocycles. The predicted octanol–water partition coefficient (Wildman–Crippen LogP) is 5.54. The Balaban J connectivity index is 2.05. The summed E-state index contributed by atoms with van der Waals surface area (Å²) in [5.41, 5.74) is 2.71. The fraction of sp³-hybridized carbons (Fsp3) is 0.455. The molecule has 0 N–H and O–H groups in total. The Morgan fingerprint density at radius 1 is 0.609 bits per heavy atom. The van der Waals surface area contributed by atoms with Crippen molar-refractivity contribution in [1.82, 2.24) is 0 Å². The van der Waals surface area contributed by atoms with Crippen molar-refractivity contribution in [2.75, 3.05) is 0 Å². The molecule has 1 nitrogen and oxygen atoms in total. The van der Waals surface area contributed by atoms with Crippen LogP contribution in [0.1, 0.15) is 38.8 Å². The molecule has 0 bridgehead atoms. The van der Waals surface area contributed by atoms with Gasteiger partial charge >= 0.3 is 0 Å². The lowest BCUT2D eigenvalue weighted by atomic mass is 9.95. The maximum atomic E-state index is 6.58. The van der Waals surface area contributed by atoms with Crippen LogP contribution in [-0.2, 0) is 17.6 Å². The first-order valence-electron chi connectivity index (χ1n) is 8.79. The van der Waals surface area contributed by atoms with Crippen LogP contribution in [0.4, 0.5) is 0 Å². The van der Waals surface area contributed by atoms with E-state index in [1.54, 1.807) is 0 Å². The molecule has 2 aromatic carbocycles. The van der Waals surface area contributed by atoms with Crippen molar-refractivity contribution in [2.45, 2.75) is 52.7 Å². The van der Waals surface area contributed by atoms with Crippen LogP contribution in [0.25, 0.3) is 0 Å². The molecule has 2 aromatic rings. The third kappa shape index (κ3) is 5.84. The third-order valence-corrected chi connectivity index (χ3v) is 4.40. The smallest absolute Gasteiger partial charge is 0.0642 e. The molecular formula is C22H30O. The van der Waals surface area contributed by atoms with Gasteiger partial charge in [0.1, 0.15) is 0 Å². The molecular weight excluding hydrogens is 280 g/mol. The lowest BCUT2D eigenvalue weighted by Gasteiger charge is -2.30. The zero-order chi connectivity index (χ0) is 16.7. The zero-order valence-electron chi connectivity index (χ0n) is 14.9. The summed E-state index contributed by atoms with van der Waals surface area (Å²) in [7, 11) is 0. The van der Waals surface area contributed by atoms with Gasteiger partial charge in [-0.05, 0) is 35.8 Å². The SMILES string of the molecule is CC(C)C(Cc1ccccc1)OC(Cc1ccccc1)C(C)C. The number of hydrogen-bond acceptors (Lipinski definition) is 1. The maximum Gasteiger partial charge on any atom is 0.0642 e. The van der Waals surface area contributed by atoms with Crippen molar-refractivity contribution >= 4 is 0 Å². The largest absolute Gasteiger partial charge is 0.374 e. The molecule has 0 heterocycles. The first-order chi connectivity index (χ1) is 11.1. The standard InChI is InChI=1S/C22H30O/c1-17(2)21(15-19-11-7-5-8-12-19)23-22(18(3)4)16-20-13-9-6-10-14-20/h5-14,17-18,21-22H,15-16H2,1-4H3. The minimum absolute atomic E-state index is 0.258. The van der Waals surface area contributed by atoms with Gasteiger partial charge in [0.15, 0.2) is 0 Å². The molecule has 0 aliphatic rings. The van der Waals surface area contributed by atoms with Gasteiger partial charge in [0.2, 0.25) is 0 Å². The van der Waals surface area contributed by atoms with Gasteiger partial charge in [0, 0.05) is 0 Å². The zero-order valence-corrected chi connectivity index (χ0v) is 14.9. The number of rotatable bonds is 8. The average molecular weight is 310 g/mol. The van der Waals surface area contributed by atoms with Crippen LogP contribution in [-0.4, -0.2) is 12.2 Å². The van der Waals surface area contributed by atoms with Gasteiger partial charge in [0.25, 0.3) is 0 Å². The number of hydrogen-bond donors (Lipinski definition) is 0. The third-order valence-electron chi connectivity index (χ3n) is 4.40. The van der Waals surface area contributed by atoms with Crippen LogP contribution in [0.2, 0.25) is 0 Å². The second-order valence-electron chi connectivity index (χ2n) is 7.08. The van der Waals surface area contributed by atoms with E-state index < -0.39 is 0 Å². The summed E-state index contributed by atoms with van der Waals surface area (Å²) >= 11 is 0. The molecule has 0 aromatic heterocycles. The molecule has 0 aliphatic heterocycles. The van der Waals surface area contributed by atoms with E-state index in [-0.39, 0.29) is 12.2 Å². The van der Waals surface area contributed by atoms with E-state index >= 15 is 0 Å². The van der Waals surface area contributed by atoms with Crippen LogP contribution in [0.15, 0.2) is 60.7 Å². The van der Waals surface area contributed by atoms with Gasteiger partial charge in [0.05, 0.1) is 12.2 Å².